The van der Waals surface area contributed by atoms with Crippen molar-refractivity contribution in [3.63, 3.8) is 0 Å². The van der Waals surface area contributed by atoms with Gasteiger partial charge in [0.1, 0.15) is 5.82 Å². The number of nitrogens with one attached hydrogen (secondary N) is 1. The van der Waals surface area contributed by atoms with E-state index in [0.717, 1.165) is 57.8 Å². The second-order valence-electron chi connectivity index (χ2n) is 7.96. The van der Waals surface area contributed by atoms with Crippen LogP contribution in [-0.4, -0.2) is 20.7 Å². The van der Waals surface area contributed by atoms with Gasteiger partial charge in [0.05, 0.1) is 0 Å². The van der Waals surface area contributed by atoms with Gasteiger partial charge >= 0.3 is 0 Å². The van der Waals surface area contributed by atoms with Crippen molar-refractivity contribution < 1.29 is 4.79 Å². The molecule has 34 heavy (non-hydrogen) atoms. The first kappa shape index (κ1) is 24.0. The molecule has 0 bridgehead atoms. The molecule has 1 heterocycles. The maximum atomic E-state index is 12.2. The van der Waals surface area contributed by atoms with E-state index >= 15 is 0 Å². The number of aryl methyl sites for hydroxylation is 1. The second-order valence-corrected chi connectivity index (χ2v) is 9.34. The van der Waals surface area contributed by atoms with Gasteiger partial charge < -0.3 is 5.32 Å². The van der Waals surface area contributed by atoms with E-state index in [-0.39, 0.29) is 5.91 Å². The van der Waals surface area contributed by atoms with Crippen LogP contribution in [0.15, 0.2) is 90.1 Å². The Kier molecular flexibility index (Phi) is 8.77. The van der Waals surface area contributed by atoms with Gasteiger partial charge in [-0.1, -0.05) is 84.0 Å². The van der Waals surface area contributed by atoms with Gasteiger partial charge in [-0.15, -0.1) is 10.2 Å². The highest BCUT2D eigenvalue weighted by molar-refractivity contribution is 7.98. The van der Waals surface area contributed by atoms with E-state index in [1.54, 1.807) is 11.8 Å². The van der Waals surface area contributed by atoms with Crippen molar-refractivity contribution in [2.75, 3.05) is 0 Å². The Labute approximate surface area is 209 Å². The first-order valence-electron chi connectivity index (χ1n) is 11.4. The minimum Gasteiger partial charge on any atom is -0.352 e. The molecule has 0 unspecified atom stereocenters. The molecule has 5 nitrogen and oxygen atoms in total. The quantitative estimate of drug-likeness (QED) is 0.199. The van der Waals surface area contributed by atoms with Crippen LogP contribution < -0.4 is 5.32 Å². The number of aromatic nitrogens is 3. The lowest BCUT2D eigenvalue weighted by Crippen LogP contribution is -2.22. The van der Waals surface area contributed by atoms with Crippen LogP contribution in [0.2, 0.25) is 5.02 Å². The zero-order valence-corrected chi connectivity index (χ0v) is 20.4. The lowest BCUT2D eigenvalue weighted by molar-refractivity contribution is -0.121. The molecule has 0 aliphatic carbocycles. The summed E-state index contributed by atoms with van der Waals surface area (Å²) in [5, 5.41) is 13.5. The number of benzene rings is 3. The van der Waals surface area contributed by atoms with Crippen molar-refractivity contribution in [3.05, 3.63) is 107 Å². The molecule has 0 aliphatic rings. The number of carbonyl (C=O) groups is 1. The molecule has 174 valence electrons. The van der Waals surface area contributed by atoms with E-state index in [0.29, 0.717) is 13.0 Å². The predicted octanol–water partition coefficient (Wildman–Crippen LogP) is 6.24. The summed E-state index contributed by atoms with van der Waals surface area (Å²) in [6, 6.07) is 28.0. The van der Waals surface area contributed by atoms with Crippen molar-refractivity contribution in [2.24, 2.45) is 0 Å². The SMILES string of the molecule is O=C(CCCCc1nnc(SCc2cccc(Cl)c2)n1-c1ccccc1)NCc1ccccc1. The van der Waals surface area contributed by atoms with Crippen molar-refractivity contribution in [2.45, 2.75) is 43.1 Å². The fourth-order valence-corrected chi connectivity index (χ4v) is 4.75. The molecule has 1 aromatic heterocycles. The Morgan fingerprint density at radius 1 is 0.882 bits per heavy atom. The summed E-state index contributed by atoms with van der Waals surface area (Å²) in [6.45, 7) is 0.565. The van der Waals surface area contributed by atoms with Crippen LogP contribution in [0.1, 0.15) is 36.2 Å². The Morgan fingerprint density at radius 2 is 1.62 bits per heavy atom. The maximum Gasteiger partial charge on any atom is 0.220 e. The number of hydrogen-bond acceptors (Lipinski definition) is 4. The molecule has 0 atom stereocenters. The van der Waals surface area contributed by atoms with Gasteiger partial charge in [0.15, 0.2) is 5.16 Å². The van der Waals surface area contributed by atoms with Crippen molar-refractivity contribution in [1.82, 2.24) is 20.1 Å². The highest BCUT2D eigenvalue weighted by atomic mass is 35.5. The average Bonchev–Trinajstić information content (AvgIpc) is 3.28. The number of carbonyl (C=O) groups excluding carboxylic acids is 1. The summed E-state index contributed by atoms with van der Waals surface area (Å²) in [6.07, 6.45) is 2.92. The highest BCUT2D eigenvalue weighted by Crippen LogP contribution is 2.26. The van der Waals surface area contributed by atoms with Crippen LogP contribution in [0.5, 0.6) is 0 Å². The summed E-state index contributed by atoms with van der Waals surface area (Å²) >= 11 is 7.77. The Balaban J connectivity index is 1.34. The van der Waals surface area contributed by atoms with Gasteiger partial charge in [-0.2, -0.15) is 0 Å². The van der Waals surface area contributed by atoms with E-state index < -0.39 is 0 Å². The highest BCUT2D eigenvalue weighted by Gasteiger charge is 2.15. The first-order chi connectivity index (χ1) is 16.7. The van der Waals surface area contributed by atoms with E-state index in [1.807, 2.05) is 66.7 Å². The molecule has 0 aliphatic heterocycles. The van der Waals surface area contributed by atoms with Crippen molar-refractivity contribution in [3.8, 4) is 5.69 Å². The van der Waals surface area contributed by atoms with E-state index in [4.69, 9.17) is 11.6 Å². The number of para-hydroxylation sites is 1. The molecular weight excluding hydrogens is 464 g/mol. The lowest BCUT2D eigenvalue weighted by atomic mass is 10.1. The van der Waals surface area contributed by atoms with Gasteiger partial charge in [-0.3, -0.25) is 9.36 Å². The van der Waals surface area contributed by atoms with Gasteiger partial charge in [0.25, 0.3) is 0 Å². The molecule has 0 fully saturated rings. The summed E-state index contributed by atoms with van der Waals surface area (Å²) in [7, 11) is 0. The fourth-order valence-electron chi connectivity index (χ4n) is 3.62. The largest absolute Gasteiger partial charge is 0.352 e. The molecule has 3 aromatic carbocycles. The number of thioether (sulfide) groups is 1. The molecule has 4 rings (SSSR count). The third-order valence-corrected chi connectivity index (χ3v) is 6.59. The Hall–Kier alpha value is -3.09. The summed E-state index contributed by atoms with van der Waals surface area (Å²) in [5.74, 6) is 1.74. The first-order valence-corrected chi connectivity index (χ1v) is 12.7. The van der Waals surface area contributed by atoms with E-state index in [2.05, 4.69) is 38.3 Å². The van der Waals surface area contributed by atoms with Crippen LogP contribution in [0.25, 0.3) is 5.69 Å². The van der Waals surface area contributed by atoms with Gasteiger partial charge in [-0.25, -0.2) is 0 Å². The van der Waals surface area contributed by atoms with E-state index in [9.17, 15) is 4.79 Å². The molecule has 1 N–H and O–H groups in total. The van der Waals surface area contributed by atoms with Gasteiger partial charge in [-0.05, 0) is 48.2 Å². The Morgan fingerprint density at radius 3 is 2.38 bits per heavy atom. The number of halogens is 1. The number of amides is 1. The summed E-state index contributed by atoms with van der Waals surface area (Å²) in [5.41, 5.74) is 3.29. The molecular formula is C27H27ClN4OS. The predicted molar refractivity (Wildman–Crippen MR) is 138 cm³/mol. The minimum atomic E-state index is 0.0751. The standard InChI is InChI=1S/C27H27ClN4OS/c28-23-13-9-12-22(18-23)20-34-27-31-30-25(32(27)24-14-5-2-6-15-24)16-7-8-17-26(33)29-19-21-10-3-1-4-11-21/h1-6,9-15,18H,7-8,16-17,19-20H2,(H,29,33). The van der Waals surface area contributed by atoms with Crippen LogP contribution in [0, 0.1) is 0 Å². The zero-order chi connectivity index (χ0) is 23.6. The number of unbranched alkanes of at least 4 members (excludes halogenated alkanes) is 1. The normalized spacial score (nSPS) is 10.9. The fraction of sp³-hybridized carbons (Fsp3) is 0.222. The third kappa shape index (κ3) is 6.95. The summed E-state index contributed by atoms with van der Waals surface area (Å²) < 4.78 is 2.12. The smallest absolute Gasteiger partial charge is 0.220 e. The molecule has 7 heteroatoms. The van der Waals surface area contributed by atoms with Gasteiger partial charge in [0, 0.05) is 35.8 Å². The second kappa shape index (κ2) is 12.4. The molecule has 0 saturated carbocycles. The lowest BCUT2D eigenvalue weighted by Gasteiger charge is -2.10. The van der Waals surface area contributed by atoms with Gasteiger partial charge in [0.2, 0.25) is 5.91 Å². The van der Waals surface area contributed by atoms with Crippen molar-refractivity contribution >= 4 is 29.3 Å². The topological polar surface area (TPSA) is 59.8 Å². The van der Waals surface area contributed by atoms with Crippen LogP contribution in [-0.2, 0) is 23.5 Å². The number of hydrogen-bond donors (Lipinski definition) is 1. The molecule has 0 spiro atoms. The maximum absolute atomic E-state index is 12.2. The van der Waals surface area contributed by atoms with Crippen LogP contribution >= 0.6 is 23.4 Å². The molecule has 0 saturated heterocycles. The molecule has 4 aromatic rings. The average molecular weight is 491 g/mol. The van der Waals surface area contributed by atoms with E-state index in [1.165, 1.54) is 0 Å². The van der Waals surface area contributed by atoms with Crippen molar-refractivity contribution in [1.29, 1.82) is 0 Å². The monoisotopic (exact) mass is 490 g/mol. The third-order valence-electron chi connectivity index (χ3n) is 5.36. The molecule has 1 amide bonds. The summed E-state index contributed by atoms with van der Waals surface area (Å²) in [4.78, 5) is 12.2. The number of rotatable bonds is 11. The minimum absolute atomic E-state index is 0.0751. The Bertz CT molecular complexity index is 1200. The van der Waals surface area contributed by atoms with Crippen LogP contribution in [0.4, 0.5) is 0 Å². The number of nitrogens with zero attached hydrogens (tertiary/aromatic N) is 3. The van der Waals surface area contributed by atoms with Crippen LogP contribution in [0.3, 0.4) is 0 Å². The molecule has 0 radical (unpaired) electrons. The zero-order valence-electron chi connectivity index (χ0n) is 18.9.